The predicted molar refractivity (Wildman–Crippen MR) is 91.3 cm³/mol. The molecule has 24 heavy (non-hydrogen) atoms. The van der Waals surface area contributed by atoms with Crippen molar-refractivity contribution in [2.75, 3.05) is 5.32 Å². The molecule has 2 aromatic heterocycles. The molecule has 0 radical (unpaired) electrons. The zero-order valence-electron chi connectivity index (χ0n) is 12.7. The smallest absolute Gasteiger partial charge is 0.271 e. The fourth-order valence-electron chi connectivity index (χ4n) is 2.31. The second kappa shape index (κ2) is 5.72. The maximum atomic E-state index is 12.4. The first-order valence-electron chi connectivity index (χ1n) is 6.75. The molecule has 0 saturated heterocycles. The number of carbonyl (C=O) groups excluding carboxylic acids is 1. The minimum Gasteiger partial charge on any atom is -0.448 e. The first-order valence-corrected chi connectivity index (χ1v) is 9.09. The Hall–Kier alpha value is -2.17. The van der Waals surface area contributed by atoms with E-state index in [4.69, 9.17) is 9.56 Å². The number of hydrogen-bond donors (Lipinski definition) is 3. The SMILES string of the molecule is Cc1cc(Br)c2[nH]nc(NC(=O)c3cc(S(N)(=O)=O)oc3C)c2c1. The van der Waals surface area contributed by atoms with Crippen LogP contribution in [-0.4, -0.2) is 24.5 Å². The van der Waals surface area contributed by atoms with Crippen LogP contribution < -0.4 is 10.5 Å². The average molecular weight is 413 g/mol. The van der Waals surface area contributed by atoms with E-state index in [-0.39, 0.29) is 11.3 Å². The van der Waals surface area contributed by atoms with Crippen LogP contribution in [0.1, 0.15) is 21.7 Å². The van der Waals surface area contributed by atoms with E-state index >= 15 is 0 Å². The van der Waals surface area contributed by atoms with Gasteiger partial charge in [-0.3, -0.25) is 9.89 Å². The van der Waals surface area contributed by atoms with Crippen molar-refractivity contribution in [1.29, 1.82) is 0 Å². The number of furan rings is 1. The molecule has 0 bridgehead atoms. The summed E-state index contributed by atoms with van der Waals surface area (Å²) in [4.78, 5) is 12.4. The van der Waals surface area contributed by atoms with Crippen LogP contribution in [0.4, 0.5) is 5.82 Å². The van der Waals surface area contributed by atoms with E-state index in [1.165, 1.54) is 6.92 Å². The van der Waals surface area contributed by atoms with Gasteiger partial charge in [-0.25, -0.2) is 13.6 Å². The van der Waals surface area contributed by atoms with Gasteiger partial charge >= 0.3 is 0 Å². The van der Waals surface area contributed by atoms with Crippen LogP contribution in [0.5, 0.6) is 0 Å². The molecule has 0 aliphatic rings. The van der Waals surface area contributed by atoms with Gasteiger partial charge in [0.25, 0.3) is 15.9 Å². The third-order valence-electron chi connectivity index (χ3n) is 3.42. The monoisotopic (exact) mass is 412 g/mol. The minimum absolute atomic E-state index is 0.0712. The molecule has 0 aliphatic carbocycles. The molecule has 10 heteroatoms. The third kappa shape index (κ3) is 2.95. The predicted octanol–water partition coefficient (Wildman–Crippen LogP) is 2.43. The van der Waals surface area contributed by atoms with Crippen molar-refractivity contribution in [3.8, 4) is 0 Å². The lowest BCUT2D eigenvalue weighted by Crippen LogP contribution is -2.13. The number of primary sulfonamides is 1. The Morgan fingerprint density at radius 1 is 1.33 bits per heavy atom. The van der Waals surface area contributed by atoms with Gasteiger partial charge in [-0.2, -0.15) is 5.10 Å². The third-order valence-corrected chi connectivity index (χ3v) is 4.81. The van der Waals surface area contributed by atoms with Crippen LogP contribution in [-0.2, 0) is 10.0 Å². The summed E-state index contributed by atoms with van der Waals surface area (Å²) in [7, 11) is -4.02. The highest BCUT2D eigenvalue weighted by molar-refractivity contribution is 9.10. The Labute approximate surface area is 145 Å². The van der Waals surface area contributed by atoms with Crippen molar-refractivity contribution in [3.63, 3.8) is 0 Å². The van der Waals surface area contributed by atoms with Crippen molar-refractivity contribution in [2.45, 2.75) is 18.9 Å². The van der Waals surface area contributed by atoms with Gasteiger partial charge in [0.1, 0.15) is 5.76 Å². The van der Waals surface area contributed by atoms with E-state index in [0.29, 0.717) is 5.82 Å². The molecule has 4 N–H and O–H groups in total. The number of sulfonamides is 1. The topological polar surface area (TPSA) is 131 Å². The molecule has 8 nitrogen and oxygen atoms in total. The molecular weight excluding hydrogens is 400 g/mol. The fourth-order valence-corrected chi connectivity index (χ4v) is 3.49. The van der Waals surface area contributed by atoms with Crippen molar-refractivity contribution in [2.24, 2.45) is 5.14 Å². The molecule has 1 aromatic carbocycles. The number of nitrogens with one attached hydrogen (secondary N) is 2. The van der Waals surface area contributed by atoms with Gasteiger partial charge < -0.3 is 9.73 Å². The van der Waals surface area contributed by atoms with E-state index in [1.54, 1.807) is 0 Å². The lowest BCUT2D eigenvalue weighted by atomic mass is 10.1. The number of aromatic amines is 1. The minimum atomic E-state index is -4.02. The molecule has 1 amide bonds. The van der Waals surface area contributed by atoms with Gasteiger partial charge in [-0.1, -0.05) is 0 Å². The maximum Gasteiger partial charge on any atom is 0.271 e. The number of benzene rings is 1. The van der Waals surface area contributed by atoms with Crippen molar-refractivity contribution in [1.82, 2.24) is 10.2 Å². The average Bonchev–Trinajstić information content (AvgIpc) is 3.03. The first kappa shape index (κ1) is 16.7. The van der Waals surface area contributed by atoms with Crippen LogP contribution >= 0.6 is 15.9 Å². The zero-order valence-corrected chi connectivity index (χ0v) is 15.1. The van der Waals surface area contributed by atoms with E-state index in [0.717, 1.165) is 27.0 Å². The molecule has 0 atom stereocenters. The Morgan fingerprint density at radius 2 is 2.04 bits per heavy atom. The maximum absolute atomic E-state index is 12.4. The Balaban J connectivity index is 1.98. The van der Waals surface area contributed by atoms with Gasteiger partial charge in [-0.05, 0) is 47.5 Å². The summed E-state index contributed by atoms with van der Waals surface area (Å²) in [6, 6.07) is 4.89. The number of nitrogens with two attached hydrogens (primary N) is 1. The molecule has 3 aromatic rings. The molecule has 0 aliphatic heterocycles. The van der Waals surface area contributed by atoms with E-state index in [9.17, 15) is 13.2 Å². The van der Waals surface area contributed by atoms with Gasteiger partial charge in [0.2, 0.25) is 5.09 Å². The van der Waals surface area contributed by atoms with Crippen LogP contribution in [0.3, 0.4) is 0 Å². The summed E-state index contributed by atoms with van der Waals surface area (Å²) >= 11 is 3.43. The number of halogens is 1. The molecule has 0 saturated carbocycles. The molecule has 3 rings (SSSR count). The van der Waals surface area contributed by atoms with Crippen LogP contribution in [0, 0.1) is 13.8 Å². The normalized spacial score (nSPS) is 11.8. The highest BCUT2D eigenvalue weighted by Gasteiger charge is 2.22. The number of nitrogens with zero attached hydrogens (tertiary/aromatic N) is 1. The van der Waals surface area contributed by atoms with Gasteiger partial charge in [0.05, 0.1) is 11.1 Å². The van der Waals surface area contributed by atoms with E-state index in [2.05, 4.69) is 31.4 Å². The number of amides is 1. The highest BCUT2D eigenvalue weighted by Crippen LogP contribution is 2.29. The molecule has 0 fully saturated rings. The lowest BCUT2D eigenvalue weighted by molar-refractivity contribution is 0.102. The van der Waals surface area contributed by atoms with Crippen molar-refractivity contribution < 1.29 is 17.6 Å². The summed E-state index contributed by atoms with van der Waals surface area (Å²) in [5, 5.41) is 14.8. The summed E-state index contributed by atoms with van der Waals surface area (Å²) in [5.41, 5.74) is 1.80. The lowest BCUT2D eigenvalue weighted by Gasteiger charge is -2.02. The quantitative estimate of drug-likeness (QED) is 0.607. The van der Waals surface area contributed by atoms with Gasteiger partial charge in [0, 0.05) is 15.9 Å². The number of aryl methyl sites for hydroxylation is 2. The number of anilines is 1. The van der Waals surface area contributed by atoms with E-state index in [1.807, 2.05) is 19.1 Å². The van der Waals surface area contributed by atoms with Crippen LogP contribution in [0.25, 0.3) is 10.9 Å². The first-order chi connectivity index (χ1) is 11.2. The summed E-state index contributed by atoms with van der Waals surface area (Å²) in [6.07, 6.45) is 0. The molecule has 126 valence electrons. The molecule has 2 heterocycles. The van der Waals surface area contributed by atoms with Crippen LogP contribution in [0.15, 0.2) is 32.2 Å². The summed E-state index contributed by atoms with van der Waals surface area (Å²) in [5.74, 6) is -0.0666. The Kier molecular flexibility index (Phi) is 3.98. The van der Waals surface area contributed by atoms with E-state index < -0.39 is 21.0 Å². The Bertz CT molecular complexity index is 1070. The standard InChI is InChI=1S/C14H13BrN4O4S/c1-6-3-9-12(10(15)4-6)18-19-13(9)17-14(20)8-5-11(23-7(8)2)24(16,21)22/h3-5H,1-2H3,(H2,16,21,22)(H2,17,18,19,20). The van der Waals surface area contributed by atoms with Crippen molar-refractivity contribution in [3.05, 3.63) is 39.6 Å². The van der Waals surface area contributed by atoms with Crippen LogP contribution in [0.2, 0.25) is 0 Å². The van der Waals surface area contributed by atoms with Crippen molar-refractivity contribution >= 4 is 48.6 Å². The molecule has 0 unspecified atom stereocenters. The van der Waals surface area contributed by atoms with Gasteiger partial charge in [0.15, 0.2) is 5.82 Å². The number of fused-ring (bicyclic) bond motifs is 1. The highest BCUT2D eigenvalue weighted by atomic mass is 79.9. The second-order valence-electron chi connectivity index (χ2n) is 5.28. The largest absolute Gasteiger partial charge is 0.448 e. The number of hydrogen-bond acceptors (Lipinski definition) is 5. The zero-order chi connectivity index (χ0) is 17.6. The summed E-state index contributed by atoms with van der Waals surface area (Å²) in [6.45, 7) is 3.40. The molecular formula is C14H13BrN4O4S. The number of rotatable bonds is 3. The number of aromatic nitrogens is 2. The Morgan fingerprint density at radius 3 is 2.67 bits per heavy atom. The number of H-pyrrole nitrogens is 1. The molecule has 0 spiro atoms. The van der Waals surface area contributed by atoms with Gasteiger partial charge in [-0.15, -0.1) is 0 Å². The fraction of sp³-hybridized carbons (Fsp3) is 0.143. The number of carbonyl (C=O) groups is 1. The second-order valence-corrected chi connectivity index (χ2v) is 7.62. The summed E-state index contributed by atoms with van der Waals surface area (Å²) < 4.78 is 28.5.